The maximum Gasteiger partial charge on any atom is 0.0366 e. The predicted octanol–water partition coefficient (Wildman–Crippen LogP) is 3.93. The lowest BCUT2D eigenvalue weighted by molar-refractivity contribution is 0.570. The molecule has 0 bridgehead atoms. The first-order valence-electron chi connectivity index (χ1n) is 7.15. The van der Waals surface area contributed by atoms with Gasteiger partial charge in [-0.1, -0.05) is 19.1 Å². The zero-order valence-corrected chi connectivity index (χ0v) is 13.8. The van der Waals surface area contributed by atoms with Crippen LogP contribution in [0.1, 0.15) is 38.8 Å². The molecule has 1 N–H and O–H groups in total. The fourth-order valence-electron chi connectivity index (χ4n) is 2.08. The Morgan fingerprint density at radius 2 is 1.84 bits per heavy atom. The van der Waals surface area contributed by atoms with Crippen LogP contribution in [-0.4, -0.2) is 31.6 Å². The summed E-state index contributed by atoms with van der Waals surface area (Å²) in [5, 5.41) is 3.52. The largest absolute Gasteiger partial charge is 0.371 e. The van der Waals surface area contributed by atoms with E-state index in [-0.39, 0.29) is 0 Å². The average Bonchev–Trinajstić information content (AvgIpc) is 2.44. The zero-order valence-electron chi connectivity index (χ0n) is 12.9. The van der Waals surface area contributed by atoms with Crippen LogP contribution in [0.15, 0.2) is 24.3 Å². The molecule has 0 aromatic heterocycles. The van der Waals surface area contributed by atoms with Crippen LogP contribution in [0.3, 0.4) is 0 Å². The van der Waals surface area contributed by atoms with E-state index in [4.69, 9.17) is 0 Å². The highest BCUT2D eigenvalue weighted by molar-refractivity contribution is 7.98. The molecule has 0 amide bonds. The third kappa shape index (κ3) is 5.07. The van der Waals surface area contributed by atoms with E-state index in [0.29, 0.717) is 12.1 Å². The molecule has 0 radical (unpaired) electrons. The van der Waals surface area contributed by atoms with Crippen LogP contribution in [-0.2, 0) is 0 Å². The van der Waals surface area contributed by atoms with E-state index in [2.05, 4.69) is 68.6 Å². The summed E-state index contributed by atoms with van der Waals surface area (Å²) in [7, 11) is 2.18. The van der Waals surface area contributed by atoms with Gasteiger partial charge in [-0.05, 0) is 50.8 Å². The van der Waals surface area contributed by atoms with Gasteiger partial charge in [-0.2, -0.15) is 11.8 Å². The summed E-state index contributed by atoms with van der Waals surface area (Å²) in [5.41, 5.74) is 2.66. The van der Waals surface area contributed by atoms with Gasteiger partial charge in [0.2, 0.25) is 0 Å². The first-order chi connectivity index (χ1) is 9.10. The highest BCUT2D eigenvalue weighted by atomic mass is 32.2. The molecule has 0 saturated heterocycles. The Morgan fingerprint density at radius 1 is 1.21 bits per heavy atom. The Bertz CT molecular complexity index is 350. The first-order valence-corrected chi connectivity index (χ1v) is 8.54. The zero-order chi connectivity index (χ0) is 14.3. The fourth-order valence-corrected chi connectivity index (χ4v) is 2.79. The summed E-state index contributed by atoms with van der Waals surface area (Å²) in [4.78, 5) is 2.35. The number of hydrogen-bond acceptors (Lipinski definition) is 3. The fraction of sp³-hybridized carbons (Fsp3) is 0.625. The molecule has 0 fully saturated rings. The topological polar surface area (TPSA) is 15.3 Å². The predicted molar refractivity (Wildman–Crippen MR) is 89.4 cm³/mol. The number of rotatable bonds is 8. The molecular weight excluding hydrogens is 252 g/mol. The van der Waals surface area contributed by atoms with Gasteiger partial charge in [0.1, 0.15) is 0 Å². The number of hydrogen-bond donors (Lipinski definition) is 1. The molecule has 1 aromatic rings. The van der Waals surface area contributed by atoms with Crippen molar-refractivity contribution in [1.82, 2.24) is 5.32 Å². The lowest BCUT2D eigenvalue weighted by Crippen LogP contribution is -2.30. The average molecular weight is 280 g/mol. The lowest BCUT2D eigenvalue weighted by Gasteiger charge is -2.27. The molecule has 2 nitrogen and oxygen atoms in total. The molecule has 1 aromatic carbocycles. The normalized spacial score (nSPS) is 14.2. The summed E-state index contributed by atoms with van der Waals surface area (Å²) in [6.07, 6.45) is 3.34. The van der Waals surface area contributed by atoms with Crippen LogP contribution in [0.5, 0.6) is 0 Å². The van der Waals surface area contributed by atoms with Gasteiger partial charge < -0.3 is 10.2 Å². The molecule has 0 aliphatic rings. The third-order valence-corrected chi connectivity index (χ3v) is 4.39. The molecule has 0 heterocycles. The minimum atomic E-state index is 0.433. The van der Waals surface area contributed by atoms with Gasteiger partial charge in [-0.3, -0.25) is 0 Å². The molecule has 1 rings (SSSR count). The van der Waals surface area contributed by atoms with E-state index in [0.717, 1.165) is 12.3 Å². The van der Waals surface area contributed by atoms with Crippen LogP contribution in [0.4, 0.5) is 5.69 Å². The molecule has 0 aliphatic heterocycles. The van der Waals surface area contributed by atoms with Gasteiger partial charge in [0.25, 0.3) is 0 Å². The molecule has 0 aliphatic carbocycles. The van der Waals surface area contributed by atoms with E-state index < -0.39 is 0 Å². The van der Waals surface area contributed by atoms with Crippen molar-refractivity contribution in [2.24, 2.45) is 0 Å². The standard InChI is InChI=1S/C16H28N2S/c1-6-11-17-14(3)15-7-9-16(10-8-15)18(4)13(2)12-19-5/h7-10,13-14,17H,6,11-12H2,1-5H3. The molecule has 108 valence electrons. The van der Waals surface area contributed by atoms with Crippen molar-refractivity contribution in [3.8, 4) is 0 Å². The Hall–Kier alpha value is -0.670. The monoisotopic (exact) mass is 280 g/mol. The van der Waals surface area contributed by atoms with E-state index >= 15 is 0 Å². The van der Waals surface area contributed by atoms with Crippen LogP contribution < -0.4 is 10.2 Å². The first kappa shape index (κ1) is 16.4. The third-order valence-electron chi connectivity index (χ3n) is 3.57. The molecule has 2 atom stereocenters. The van der Waals surface area contributed by atoms with Gasteiger partial charge in [0.05, 0.1) is 0 Å². The van der Waals surface area contributed by atoms with Crippen molar-refractivity contribution < 1.29 is 0 Å². The number of nitrogens with zero attached hydrogens (tertiary/aromatic N) is 1. The number of thioether (sulfide) groups is 1. The molecular formula is C16H28N2S. The SMILES string of the molecule is CCCNC(C)c1ccc(N(C)C(C)CSC)cc1. The van der Waals surface area contributed by atoms with Crippen molar-refractivity contribution in [1.29, 1.82) is 0 Å². The van der Waals surface area contributed by atoms with Crippen LogP contribution in [0.2, 0.25) is 0 Å². The number of benzene rings is 1. The summed E-state index contributed by atoms with van der Waals surface area (Å²) in [5.74, 6) is 1.16. The van der Waals surface area contributed by atoms with Crippen LogP contribution >= 0.6 is 11.8 Å². The van der Waals surface area contributed by atoms with Crippen molar-refractivity contribution >= 4 is 17.4 Å². The lowest BCUT2D eigenvalue weighted by atomic mass is 10.1. The summed E-state index contributed by atoms with van der Waals surface area (Å²) < 4.78 is 0. The Labute approximate surface area is 123 Å². The van der Waals surface area contributed by atoms with E-state index in [1.54, 1.807) is 0 Å². The van der Waals surface area contributed by atoms with Gasteiger partial charge in [-0.25, -0.2) is 0 Å². The van der Waals surface area contributed by atoms with E-state index in [9.17, 15) is 0 Å². The maximum atomic E-state index is 3.52. The van der Waals surface area contributed by atoms with Crippen molar-refractivity contribution in [3.63, 3.8) is 0 Å². The number of nitrogens with one attached hydrogen (secondary N) is 1. The minimum Gasteiger partial charge on any atom is -0.371 e. The van der Waals surface area contributed by atoms with Gasteiger partial charge in [0.15, 0.2) is 0 Å². The number of anilines is 1. The Balaban J connectivity index is 2.65. The highest BCUT2D eigenvalue weighted by Crippen LogP contribution is 2.20. The molecule has 2 unspecified atom stereocenters. The molecule has 0 saturated carbocycles. The summed E-state index contributed by atoms with van der Waals surface area (Å²) >= 11 is 1.90. The van der Waals surface area contributed by atoms with E-state index in [1.807, 2.05) is 11.8 Å². The molecule has 19 heavy (non-hydrogen) atoms. The van der Waals surface area contributed by atoms with Gasteiger partial charge in [0, 0.05) is 30.6 Å². The molecule has 0 spiro atoms. The maximum absolute atomic E-state index is 3.52. The van der Waals surface area contributed by atoms with Gasteiger partial charge >= 0.3 is 0 Å². The van der Waals surface area contributed by atoms with Crippen molar-refractivity contribution in [2.45, 2.75) is 39.3 Å². The summed E-state index contributed by atoms with van der Waals surface area (Å²) in [6, 6.07) is 9.95. The van der Waals surface area contributed by atoms with Crippen LogP contribution in [0.25, 0.3) is 0 Å². The van der Waals surface area contributed by atoms with Gasteiger partial charge in [-0.15, -0.1) is 0 Å². The Morgan fingerprint density at radius 3 is 2.37 bits per heavy atom. The highest BCUT2D eigenvalue weighted by Gasteiger charge is 2.10. The quantitative estimate of drug-likeness (QED) is 0.776. The Kier molecular flexibility index (Phi) is 7.32. The van der Waals surface area contributed by atoms with Crippen molar-refractivity contribution in [2.75, 3.05) is 30.5 Å². The van der Waals surface area contributed by atoms with Crippen molar-refractivity contribution in [3.05, 3.63) is 29.8 Å². The second-order valence-electron chi connectivity index (χ2n) is 5.18. The minimum absolute atomic E-state index is 0.433. The second-order valence-corrected chi connectivity index (χ2v) is 6.09. The summed E-state index contributed by atoms with van der Waals surface area (Å²) in [6.45, 7) is 7.78. The van der Waals surface area contributed by atoms with E-state index in [1.165, 1.54) is 17.7 Å². The smallest absolute Gasteiger partial charge is 0.0366 e. The molecule has 3 heteroatoms. The van der Waals surface area contributed by atoms with Crippen LogP contribution in [0, 0.1) is 0 Å². The second kappa shape index (κ2) is 8.49.